The van der Waals surface area contributed by atoms with Gasteiger partial charge in [0.15, 0.2) is 0 Å². The molecule has 1 aromatic carbocycles. The van der Waals surface area contributed by atoms with Crippen LogP contribution in [0.1, 0.15) is 28.2 Å². The number of nitrogens with two attached hydrogens (primary N) is 1. The van der Waals surface area contributed by atoms with Gasteiger partial charge in [0.25, 0.3) is 5.91 Å². The van der Waals surface area contributed by atoms with E-state index >= 15 is 0 Å². The van der Waals surface area contributed by atoms with Gasteiger partial charge in [-0.05, 0) is 30.7 Å². The summed E-state index contributed by atoms with van der Waals surface area (Å²) in [5.74, 6) is -0.439. The lowest BCUT2D eigenvalue weighted by Crippen LogP contribution is -2.25. The standard InChI is InChI=1S/C13H13N3O5S2/c1-8(9-2-4-10(5-3-9)23(14,20)21)15-13(17)11-6-7-12(22-11)16(18)19/h2-8H,1H3,(H,15,17)(H2,14,20,21)/t8-/m1/s1. The molecule has 2 aromatic rings. The van der Waals surface area contributed by atoms with E-state index in [1.165, 1.54) is 24.3 Å². The van der Waals surface area contributed by atoms with Crippen molar-refractivity contribution in [3.05, 3.63) is 57.0 Å². The van der Waals surface area contributed by atoms with Crippen molar-refractivity contribution in [2.45, 2.75) is 17.9 Å². The van der Waals surface area contributed by atoms with Crippen molar-refractivity contribution in [2.24, 2.45) is 5.14 Å². The summed E-state index contributed by atoms with van der Waals surface area (Å²) in [6.45, 7) is 1.71. The number of carbonyl (C=O) groups is 1. The lowest BCUT2D eigenvalue weighted by molar-refractivity contribution is -0.380. The number of benzene rings is 1. The Morgan fingerprint density at radius 3 is 2.35 bits per heavy atom. The smallest absolute Gasteiger partial charge is 0.324 e. The third-order valence-electron chi connectivity index (χ3n) is 3.05. The van der Waals surface area contributed by atoms with Crippen molar-refractivity contribution >= 4 is 32.3 Å². The molecule has 122 valence electrons. The van der Waals surface area contributed by atoms with Crippen molar-refractivity contribution in [2.75, 3.05) is 0 Å². The van der Waals surface area contributed by atoms with E-state index in [9.17, 15) is 23.3 Å². The van der Waals surface area contributed by atoms with Gasteiger partial charge < -0.3 is 5.32 Å². The number of rotatable bonds is 5. The first-order valence-electron chi connectivity index (χ1n) is 6.36. The molecule has 1 aromatic heterocycles. The molecule has 0 saturated carbocycles. The summed E-state index contributed by atoms with van der Waals surface area (Å²) in [6, 6.07) is 8.04. The Balaban J connectivity index is 2.10. The van der Waals surface area contributed by atoms with Crippen molar-refractivity contribution in [3.8, 4) is 0 Å². The second kappa shape index (κ2) is 6.44. The lowest BCUT2D eigenvalue weighted by Gasteiger charge is -2.14. The molecule has 8 nitrogen and oxygen atoms in total. The van der Waals surface area contributed by atoms with Crippen LogP contribution in [0, 0.1) is 10.1 Å². The molecule has 2 rings (SSSR count). The van der Waals surface area contributed by atoms with Crippen molar-refractivity contribution < 1.29 is 18.1 Å². The molecule has 1 amide bonds. The Kier molecular flexibility index (Phi) is 4.78. The van der Waals surface area contributed by atoms with E-state index in [1.54, 1.807) is 19.1 Å². The van der Waals surface area contributed by atoms with Crippen LogP contribution in [-0.4, -0.2) is 19.2 Å². The predicted octanol–water partition coefficient (Wildman–Crippen LogP) is 1.79. The highest BCUT2D eigenvalue weighted by molar-refractivity contribution is 7.89. The molecule has 23 heavy (non-hydrogen) atoms. The fourth-order valence-electron chi connectivity index (χ4n) is 1.85. The van der Waals surface area contributed by atoms with E-state index in [-0.39, 0.29) is 14.8 Å². The molecule has 0 fully saturated rings. The summed E-state index contributed by atoms with van der Waals surface area (Å²) in [6.07, 6.45) is 0. The molecule has 1 atom stereocenters. The van der Waals surface area contributed by atoms with Gasteiger partial charge in [0, 0.05) is 6.07 Å². The molecule has 0 spiro atoms. The van der Waals surface area contributed by atoms with E-state index in [4.69, 9.17) is 5.14 Å². The zero-order valence-corrected chi connectivity index (χ0v) is 13.6. The number of hydrogen-bond donors (Lipinski definition) is 2. The fourth-order valence-corrected chi connectivity index (χ4v) is 3.08. The molecule has 0 bridgehead atoms. The Morgan fingerprint density at radius 2 is 1.87 bits per heavy atom. The first-order chi connectivity index (χ1) is 10.7. The molecular weight excluding hydrogens is 342 g/mol. The summed E-state index contributed by atoms with van der Waals surface area (Å²) >= 11 is 0.785. The van der Waals surface area contributed by atoms with Crippen molar-refractivity contribution in [1.82, 2.24) is 5.32 Å². The normalized spacial score (nSPS) is 12.6. The second-order valence-corrected chi connectivity index (χ2v) is 7.33. The summed E-state index contributed by atoms with van der Waals surface area (Å²) < 4.78 is 22.4. The SMILES string of the molecule is C[C@@H](NC(=O)c1ccc([N+](=O)[O-])s1)c1ccc(S(N)(=O)=O)cc1. The third-order valence-corrected chi connectivity index (χ3v) is 5.02. The van der Waals surface area contributed by atoms with Crippen LogP contribution in [0.4, 0.5) is 5.00 Å². The van der Waals surface area contributed by atoms with Crippen molar-refractivity contribution in [3.63, 3.8) is 0 Å². The Morgan fingerprint density at radius 1 is 1.26 bits per heavy atom. The number of nitrogens with one attached hydrogen (secondary N) is 1. The van der Waals surface area contributed by atoms with Crippen LogP contribution in [0.15, 0.2) is 41.3 Å². The van der Waals surface area contributed by atoms with Gasteiger partial charge in [0.1, 0.15) is 0 Å². The van der Waals surface area contributed by atoms with E-state index in [2.05, 4.69) is 5.32 Å². The van der Waals surface area contributed by atoms with Crippen LogP contribution in [0.5, 0.6) is 0 Å². The maximum absolute atomic E-state index is 12.1. The average molecular weight is 355 g/mol. The highest BCUT2D eigenvalue weighted by Gasteiger charge is 2.17. The molecule has 1 heterocycles. The van der Waals surface area contributed by atoms with Crippen LogP contribution in [0.2, 0.25) is 0 Å². The summed E-state index contributed by atoms with van der Waals surface area (Å²) in [5.41, 5.74) is 0.678. The molecule has 10 heteroatoms. The molecule has 0 unspecified atom stereocenters. The first-order valence-corrected chi connectivity index (χ1v) is 8.72. The minimum absolute atomic E-state index is 0.0198. The van der Waals surface area contributed by atoms with Gasteiger partial charge in [0.2, 0.25) is 10.0 Å². The number of carbonyl (C=O) groups excluding carboxylic acids is 1. The van der Waals surface area contributed by atoms with E-state index in [0.717, 1.165) is 11.3 Å². The maximum atomic E-state index is 12.1. The van der Waals surface area contributed by atoms with Crippen LogP contribution in [0.3, 0.4) is 0 Å². The van der Waals surface area contributed by atoms with Gasteiger partial charge in [-0.3, -0.25) is 14.9 Å². The van der Waals surface area contributed by atoms with E-state index in [0.29, 0.717) is 5.56 Å². The molecule has 0 saturated heterocycles. The lowest BCUT2D eigenvalue weighted by atomic mass is 10.1. The maximum Gasteiger partial charge on any atom is 0.324 e. The van der Waals surface area contributed by atoms with Crippen LogP contribution >= 0.6 is 11.3 Å². The number of amides is 1. The minimum Gasteiger partial charge on any atom is -0.345 e. The molecule has 0 aliphatic carbocycles. The largest absolute Gasteiger partial charge is 0.345 e. The quantitative estimate of drug-likeness (QED) is 0.623. The molecule has 0 aliphatic heterocycles. The van der Waals surface area contributed by atoms with Crippen LogP contribution < -0.4 is 10.5 Å². The molecule has 0 radical (unpaired) electrons. The number of nitro groups is 1. The van der Waals surface area contributed by atoms with Crippen molar-refractivity contribution in [1.29, 1.82) is 0 Å². The van der Waals surface area contributed by atoms with Gasteiger partial charge >= 0.3 is 5.00 Å². The number of sulfonamides is 1. The first kappa shape index (κ1) is 17.1. The van der Waals surface area contributed by atoms with E-state index in [1.807, 2.05) is 0 Å². The number of hydrogen-bond acceptors (Lipinski definition) is 6. The highest BCUT2D eigenvalue weighted by atomic mass is 32.2. The third kappa shape index (κ3) is 4.12. The Hall–Kier alpha value is -2.30. The number of thiophene rings is 1. The zero-order valence-electron chi connectivity index (χ0n) is 11.9. The average Bonchev–Trinajstić information content (AvgIpc) is 2.96. The van der Waals surface area contributed by atoms with Gasteiger partial charge in [-0.15, -0.1) is 0 Å². The Labute approximate surface area is 136 Å². The summed E-state index contributed by atoms with van der Waals surface area (Å²) in [4.78, 5) is 22.3. The minimum atomic E-state index is -3.77. The number of primary sulfonamides is 1. The van der Waals surface area contributed by atoms with Gasteiger partial charge in [-0.25, -0.2) is 13.6 Å². The highest BCUT2D eigenvalue weighted by Crippen LogP contribution is 2.24. The van der Waals surface area contributed by atoms with Gasteiger partial charge in [-0.1, -0.05) is 23.5 Å². The molecule has 0 aliphatic rings. The Bertz CT molecular complexity index is 843. The fraction of sp³-hybridized carbons (Fsp3) is 0.154. The van der Waals surface area contributed by atoms with E-state index < -0.39 is 26.9 Å². The summed E-state index contributed by atoms with van der Waals surface area (Å²) in [7, 11) is -3.77. The van der Waals surface area contributed by atoms with Crippen LogP contribution in [-0.2, 0) is 10.0 Å². The van der Waals surface area contributed by atoms with Gasteiger partial charge in [0.05, 0.1) is 20.7 Å². The second-order valence-electron chi connectivity index (χ2n) is 4.70. The summed E-state index contributed by atoms with van der Waals surface area (Å²) in [5, 5.41) is 18.2. The molecule has 3 N–H and O–H groups in total. The number of nitrogens with zero attached hydrogens (tertiary/aromatic N) is 1. The van der Waals surface area contributed by atoms with Gasteiger partial charge in [-0.2, -0.15) is 0 Å². The predicted molar refractivity (Wildman–Crippen MR) is 84.7 cm³/mol. The monoisotopic (exact) mass is 355 g/mol. The molecular formula is C13H13N3O5S2. The zero-order chi connectivity index (χ0) is 17.2. The van der Waals surface area contributed by atoms with Crippen LogP contribution in [0.25, 0.3) is 0 Å². The topological polar surface area (TPSA) is 132 Å².